The summed E-state index contributed by atoms with van der Waals surface area (Å²) in [4.78, 5) is 11.4. The maximum absolute atomic E-state index is 11.4. The zero-order chi connectivity index (χ0) is 12.1. The first kappa shape index (κ1) is 14.0. The van der Waals surface area contributed by atoms with E-state index in [0.717, 1.165) is 5.57 Å². The highest BCUT2D eigenvalue weighted by Crippen LogP contribution is 2.05. The molecule has 4 nitrogen and oxygen atoms in total. The Bertz CT molecular complexity index is 245. The van der Waals surface area contributed by atoms with Crippen molar-refractivity contribution in [3.05, 3.63) is 11.8 Å². The molecule has 0 aromatic rings. The van der Waals surface area contributed by atoms with Gasteiger partial charge in [-0.05, 0) is 26.7 Å². The summed E-state index contributed by atoms with van der Waals surface area (Å²) in [6, 6.07) is -0.297. The van der Waals surface area contributed by atoms with E-state index < -0.39 is 5.54 Å². The first-order chi connectivity index (χ1) is 6.78. The number of rotatable bonds is 4. The number of hydrogen-bond donors (Lipinski definition) is 3. The predicted octanol–water partition coefficient (Wildman–Crippen LogP) is 1.62. The number of carbonyl (C=O) groups is 1. The molecule has 0 fully saturated rings. The molecule has 0 aliphatic heterocycles. The fourth-order valence-electron chi connectivity index (χ4n) is 0.729. The summed E-state index contributed by atoms with van der Waals surface area (Å²) in [7, 11) is 0. The van der Waals surface area contributed by atoms with Crippen molar-refractivity contribution in [2.45, 2.75) is 40.2 Å². The molecule has 0 saturated heterocycles. The highest BCUT2D eigenvalue weighted by atomic mass is 16.3. The van der Waals surface area contributed by atoms with Gasteiger partial charge in [-0.3, -0.25) is 0 Å². The normalized spacial score (nSPS) is 12.9. The van der Waals surface area contributed by atoms with E-state index >= 15 is 0 Å². The quantitative estimate of drug-likeness (QED) is 0.666. The SMILES string of the molecule is C/C(=C\NC(=O)NC(C)(C)CO)C(C)C. The van der Waals surface area contributed by atoms with Crippen LogP contribution in [0.5, 0.6) is 0 Å². The molecule has 0 aliphatic carbocycles. The third kappa shape index (κ3) is 6.12. The molecule has 0 atom stereocenters. The second kappa shape index (κ2) is 5.75. The van der Waals surface area contributed by atoms with E-state index in [1.807, 2.05) is 6.92 Å². The topological polar surface area (TPSA) is 61.4 Å². The van der Waals surface area contributed by atoms with Gasteiger partial charge in [0.25, 0.3) is 0 Å². The molecule has 0 radical (unpaired) electrons. The van der Waals surface area contributed by atoms with Gasteiger partial charge in [0.15, 0.2) is 0 Å². The number of allylic oxidation sites excluding steroid dienone is 1. The van der Waals surface area contributed by atoms with Crippen molar-refractivity contribution >= 4 is 6.03 Å². The van der Waals surface area contributed by atoms with Crippen LogP contribution in [-0.2, 0) is 0 Å². The van der Waals surface area contributed by atoms with Crippen molar-refractivity contribution in [2.24, 2.45) is 5.92 Å². The van der Waals surface area contributed by atoms with E-state index in [2.05, 4.69) is 24.5 Å². The van der Waals surface area contributed by atoms with Crippen LogP contribution in [0.1, 0.15) is 34.6 Å². The van der Waals surface area contributed by atoms with Gasteiger partial charge in [-0.25, -0.2) is 4.79 Å². The van der Waals surface area contributed by atoms with Crippen molar-refractivity contribution in [1.82, 2.24) is 10.6 Å². The van der Waals surface area contributed by atoms with Crippen molar-refractivity contribution in [1.29, 1.82) is 0 Å². The number of aliphatic hydroxyl groups excluding tert-OH is 1. The van der Waals surface area contributed by atoms with Gasteiger partial charge in [-0.2, -0.15) is 0 Å². The molecule has 0 rings (SSSR count). The summed E-state index contributed by atoms with van der Waals surface area (Å²) in [6.07, 6.45) is 1.69. The van der Waals surface area contributed by atoms with Crippen LogP contribution in [0.25, 0.3) is 0 Å². The summed E-state index contributed by atoms with van der Waals surface area (Å²) < 4.78 is 0. The van der Waals surface area contributed by atoms with Crippen LogP contribution in [0.2, 0.25) is 0 Å². The van der Waals surface area contributed by atoms with E-state index in [0.29, 0.717) is 5.92 Å². The predicted molar refractivity (Wildman–Crippen MR) is 61.4 cm³/mol. The molecular weight excluding hydrogens is 192 g/mol. The number of hydrogen-bond acceptors (Lipinski definition) is 2. The zero-order valence-electron chi connectivity index (χ0n) is 10.2. The summed E-state index contributed by atoms with van der Waals surface area (Å²) in [5.41, 5.74) is 0.510. The van der Waals surface area contributed by atoms with Crippen molar-refractivity contribution in [3.63, 3.8) is 0 Å². The van der Waals surface area contributed by atoms with Gasteiger partial charge < -0.3 is 15.7 Å². The number of urea groups is 1. The molecule has 0 aliphatic rings. The summed E-state index contributed by atoms with van der Waals surface area (Å²) >= 11 is 0. The maximum Gasteiger partial charge on any atom is 0.319 e. The molecule has 0 bridgehead atoms. The minimum Gasteiger partial charge on any atom is -0.394 e. The maximum atomic E-state index is 11.4. The van der Waals surface area contributed by atoms with Gasteiger partial charge in [-0.15, -0.1) is 0 Å². The van der Waals surface area contributed by atoms with E-state index in [4.69, 9.17) is 5.11 Å². The van der Waals surface area contributed by atoms with E-state index in [1.165, 1.54) is 0 Å². The first-order valence-corrected chi connectivity index (χ1v) is 5.14. The van der Waals surface area contributed by atoms with Crippen LogP contribution < -0.4 is 10.6 Å². The highest BCUT2D eigenvalue weighted by molar-refractivity contribution is 5.75. The Morgan fingerprint density at radius 1 is 1.47 bits per heavy atom. The van der Waals surface area contributed by atoms with Crippen LogP contribution in [0, 0.1) is 5.92 Å². The Morgan fingerprint density at radius 3 is 2.40 bits per heavy atom. The first-order valence-electron chi connectivity index (χ1n) is 5.14. The molecule has 0 heterocycles. The van der Waals surface area contributed by atoms with Crippen molar-refractivity contribution in [2.75, 3.05) is 6.61 Å². The number of nitrogens with one attached hydrogen (secondary N) is 2. The van der Waals surface area contributed by atoms with Crippen LogP contribution in [-0.4, -0.2) is 23.3 Å². The van der Waals surface area contributed by atoms with Crippen LogP contribution in [0.3, 0.4) is 0 Å². The third-order valence-corrected chi connectivity index (χ3v) is 2.19. The van der Waals surface area contributed by atoms with Gasteiger partial charge in [0.2, 0.25) is 0 Å². The average Bonchev–Trinajstić information content (AvgIpc) is 2.13. The van der Waals surface area contributed by atoms with Crippen LogP contribution in [0.15, 0.2) is 11.8 Å². The van der Waals surface area contributed by atoms with E-state index in [-0.39, 0.29) is 12.6 Å². The molecular formula is C11H22N2O2. The highest BCUT2D eigenvalue weighted by Gasteiger charge is 2.18. The van der Waals surface area contributed by atoms with Gasteiger partial charge in [0, 0.05) is 6.20 Å². The lowest BCUT2D eigenvalue weighted by Gasteiger charge is -2.23. The molecule has 0 aromatic heterocycles. The summed E-state index contributed by atoms with van der Waals surface area (Å²) in [6.45, 7) is 9.50. The molecule has 3 N–H and O–H groups in total. The minimum absolute atomic E-state index is 0.0900. The lowest BCUT2D eigenvalue weighted by molar-refractivity contribution is 0.183. The van der Waals surface area contributed by atoms with Gasteiger partial charge in [0.05, 0.1) is 12.1 Å². The third-order valence-electron chi connectivity index (χ3n) is 2.19. The van der Waals surface area contributed by atoms with Crippen LogP contribution >= 0.6 is 0 Å². The smallest absolute Gasteiger partial charge is 0.319 e. The van der Waals surface area contributed by atoms with Gasteiger partial charge >= 0.3 is 6.03 Å². The molecule has 2 amide bonds. The monoisotopic (exact) mass is 214 g/mol. The Kier molecular flexibility index (Phi) is 5.36. The number of amides is 2. The average molecular weight is 214 g/mol. The van der Waals surface area contributed by atoms with Gasteiger partial charge in [0.1, 0.15) is 0 Å². The second-order valence-electron chi connectivity index (χ2n) is 4.68. The molecule has 4 heteroatoms. The standard InChI is InChI=1S/C11H22N2O2/c1-8(2)9(3)6-12-10(15)13-11(4,5)7-14/h6,8,14H,7H2,1-5H3,(H2,12,13,15)/b9-6+. The molecule has 0 saturated carbocycles. The largest absolute Gasteiger partial charge is 0.394 e. The molecule has 0 aromatic carbocycles. The van der Waals surface area contributed by atoms with Gasteiger partial charge in [-0.1, -0.05) is 19.4 Å². The van der Waals surface area contributed by atoms with E-state index in [9.17, 15) is 4.79 Å². The molecule has 88 valence electrons. The number of aliphatic hydroxyl groups is 1. The van der Waals surface area contributed by atoms with Crippen molar-refractivity contribution in [3.8, 4) is 0 Å². The van der Waals surface area contributed by atoms with Crippen LogP contribution in [0.4, 0.5) is 4.79 Å². The fraction of sp³-hybridized carbons (Fsp3) is 0.727. The summed E-state index contributed by atoms with van der Waals surface area (Å²) in [5.74, 6) is 0.413. The molecule has 0 unspecified atom stereocenters. The lowest BCUT2D eigenvalue weighted by atomic mass is 10.1. The Morgan fingerprint density at radius 2 is 2.00 bits per heavy atom. The summed E-state index contributed by atoms with van der Waals surface area (Å²) in [5, 5.41) is 14.2. The second-order valence-corrected chi connectivity index (χ2v) is 4.68. The lowest BCUT2D eigenvalue weighted by Crippen LogP contribution is -2.49. The Hall–Kier alpha value is -1.03. The molecule has 0 spiro atoms. The zero-order valence-corrected chi connectivity index (χ0v) is 10.2. The minimum atomic E-state index is -0.594. The fourth-order valence-corrected chi connectivity index (χ4v) is 0.729. The Labute approximate surface area is 91.8 Å². The van der Waals surface area contributed by atoms with Crippen molar-refractivity contribution < 1.29 is 9.90 Å². The molecule has 15 heavy (non-hydrogen) atoms. The Balaban J connectivity index is 4.12. The number of carbonyl (C=O) groups excluding carboxylic acids is 1. The van der Waals surface area contributed by atoms with E-state index in [1.54, 1.807) is 20.0 Å².